The number of allylic oxidation sites excluding steroid dienone is 3. The smallest absolute Gasteiger partial charge is 0.456 e. The lowest BCUT2D eigenvalue weighted by Crippen LogP contribution is -2.47. The Kier molecular flexibility index (Phi) is 54.7. The molecule has 1 amide bonds. The largest absolute Gasteiger partial charge is 0.472 e. The number of likely N-dealkylation sites (N-methyl/N-ethyl adjacent to an activating group) is 1. The standard InChI is InChI=1S/C65H127N2O7P/c1-7-10-13-16-19-22-25-28-30-31-32-33-34-35-37-40-43-46-49-52-55-58-65(69)74-63(56-53-50-47-44-41-38-27-24-21-18-15-12-9-3)62(61-73-75(70,71)72-60-59-67(4,5)6)66-64(68)57-54-51-48-45-42-39-36-29-26-23-20-17-14-11-8-2/h23,26,53,56,62-63H,7-22,24-25,27-52,54-55,57-61H2,1-6H3,(H-,66,68,70,71)/p+1/b26-23-,56-53-. The summed E-state index contributed by atoms with van der Waals surface area (Å²) in [5.74, 6) is -0.492. The van der Waals surface area contributed by atoms with E-state index in [1.165, 1.54) is 231 Å². The van der Waals surface area contributed by atoms with Crippen molar-refractivity contribution in [1.82, 2.24) is 5.32 Å². The second-order valence-electron chi connectivity index (χ2n) is 23.6. The number of hydrogen-bond acceptors (Lipinski definition) is 6. The maximum atomic E-state index is 13.5. The van der Waals surface area contributed by atoms with Crippen LogP contribution >= 0.6 is 7.82 Å². The maximum Gasteiger partial charge on any atom is 0.472 e. The van der Waals surface area contributed by atoms with Crippen molar-refractivity contribution in [3.8, 4) is 0 Å². The first-order chi connectivity index (χ1) is 36.4. The van der Waals surface area contributed by atoms with Gasteiger partial charge in [-0.25, -0.2) is 4.57 Å². The molecule has 75 heavy (non-hydrogen) atoms. The Labute approximate surface area is 466 Å². The highest BCUT2D eigenvalue weighted by Crippen LogP contribution is 2.43. The number of hydrogen-bond donors (Lipinski definition) is 2. The Balaban J connectivity index is 5.17. The average Bonchev–Trinajstić information content (AvgIpc) is 3.37. The molecule has 9 nitrogen and oxygen atoms in total. The van der Waals surface area contributed by atoms with E-state index in [-0.39, 0.29) is 25.1 Å². The summed E-state index contributed by atoms with van der Waals surface area (Å²) in [4.78, 5) is 37.8. The molecule has 3 unspecified atom stereocenters. The van der Waals surface area contributed by atoms with E-state index >= 15 is 0 Å². The van der Waals surface area contributed by atoms with Gasteiger partial charge in [-0.3, -0.25) is 18.6 Å². The summed E-state index contributed by atoms with van der Waals surface area (Å²) in [5, 5.41) is 3.06. The normalized spacial score (nSPS) is 13.7. The number of carbonyl (C=O) groups excluding carboxylic acids is 2. The summed E-state index contributed by atoms with van der Waals surface area (Å²) < 4.78 is 30.7. The summed E-state index contributed by atoms with van der Waals surface area (Å²) in [6.07, 6.45) is 66.0. The second kappa shape index (κ2) is 55.8. The molecule has 0 heterocycles. The van der Waals surface area contributed by atoms with E-state index in [9.17, 15) is 19.0 Å². The van der Waals surface area contributed by atoms with E-state index in [0.29, 0.717) is 23.9 Å². The molecule has 0 aromatic carbocycles. The molecule has 0 bridgehead atoms. The minimum absolute atomic E-state index is 0.0430. The topological polar surface area (TPSA) is 111 Å². The Morgan fingerprint density at radius 1 is 0.453 bits per heavy atom. The summed E-state index contributed by atoms with van der Waals surface area (Å²) in [5.41, 5.74) is 0. The molecule has 10 heteroatoms. The van der Waals surface area contributed by atoms with E-state index < -0.39 is 20.0 Å². The molecule has 0 spiro atoms. The fourth-order valence-electron chi connectivity index (χ4n) is 9.82. The third-order valence-corrected chi connectivity index (χ3v) is 15.9. The highest BCUT2D eigenvalue weighted by atomic mass is 31.2. The molecule has 0 saturated carbocycles. The fourth-order valence-corrected chi connectivity index (χ4v) is 10.6. The van der Waals surface area contributed by atoms with Gasteiger partial charge in [0.15, 0.2) is 0 Å². The van der Waals surface area contributed by atoms with Gasteiger partial charge in [0.2, 0.25) is 5.91 Å². The number of ether oxygens (including phenoxy) is 1. The summed E-state index contributed by atoms with van der Waals surface area (Å²) in [6, 6.07) is -0.845. The Bertz CT molecular complexity index is 1340. The van der Waals surface area contributed by atoms with Crippen LogP contribution in [0, 0.1) is 0 Å². The maximum absolute atomic E-state index is 13.5. The minimum atomic E-state index is -4.44. The molecule has 0 aliphatic rings. The number of carbonyl (C=O) groups is 2. The van der Waals surface area contributed by atoms with E-state index in [0.717, 1.165) is 64.2 Å². The highest BCUT2D eigenvalue weighted by molar-refractivity contribution is 7.47. The van der Waals surface area contributed by atoms with Crippen LogP contribution in [0.15, 0.2) is 24.3 Å². The van der Waals surface area contributed by atoms with Crippen molar-refractivity contribution >= 4 is 19.7 Å². The van der Waals surface area contributed by atoms with Crippen molar-refractivity contribution in [3.05, 3.63) is 24.3 Å². The molecule has 0 radical (unpaired) electrons. The predicted molar refractivity (Wildman–Crippen MR) is 323 cm³/mol. The molecule has 0 aromatic heterocycles. The van der Waals surface area contributed by atoms with Gasteiger partial charge < -0.3 is 19.4 Å². The van der Waals surface area contributed by atoms with Crippen molar-refractivity contribution in [2.75, 3.05) is 40.9 Å². The lowest BCUT2D eigenvalue weighted by Gasteiger charge is -2.27. The molecular formula is C65H128N2O7P+. The van der Waals surface area contributed by atoms with Crippen LogP contribution < -0.4 is 5.32 Å². The Morgan fingerprint density at radius 3 is 1.15 bits per heavy atom. The summed E-state index contributed by atoms with van der Waals surface area (Å²) in [7, 11) is 1.51. The molecule has 0 rings (SSSR count). The lowest BCUT2D eigenvalue weighted by atomic mass is 10.0. The van der Waals surface area contributed by atoms with Crippen LogP contribution in [0.3, 0.4) is 0 Å². The molecular weight excluding hydrogens is 952 g/mol. The zero-order valence-electron chi connectivity index (χ0n) is 50.8. The van der Waals surface area contributed by atoms with Crippen LogP contribution in [0.2, 0.25) is 0 Å². The quantitative estimate of drug-likeness (QED) is 0.0205. The van der Waals surface area contributed by atoms with Crippen LogP contribution in [0.25, 0.3) is 0 Å². The van der Waals surface area contributed by atoms with Gasteiger partial charge in [-0.05, 0) is 57.4 Å². The van der Waals surface area contributed by atoms with E-state index in [2.05, 4.69) is 38.2 Å². The zero-order chi connectivity index (χ0) is 55.0. The van der Waals surface area contributed by atoms with Gasteiger partial charge in [0.05, 0.1) is 33.8 Å². The lowest BCUT2D eigenvalue weighted by molar-refractivity contribution is -0.870. The Morgan fingerprint density at radius 2 is 0.773 bits per heavy atom. The molecule has 2 N–H and O–H groups in total. The van der Waals surface area contributed by atoms with Crippen LogP contribution in [-0.4, -0.2) is 74.3 Å². The van der Waals surface area contributed by atoms with Crippen molar-refractivity contribution in [1.29, 1.82) is 0 Å². The van der Waals surface area contributed by atoms with Gasteiger partial charge in [0.25, 0.3) is 0 Å². The first kappa shape index (κ1) is 73.5. The first-order valence-electron chi connectivity index (χ1n) is 32.7. The summed E-state index contributed by atoms with van der Waals surface area (Å²) >= 11 is 0. The summed E-state index contributed by atoms with van der Waals surface area (Å²) in [6.45, 7) is 7.05. The predicted octanol–water partition coefficient (Wildman–Crippen LogP) is 20.1. The van der Waals surface area contributed by atoms with Crippen LogP contribution in [-0.2, 0) is 27.9 Å². The highest BCUT2D eigenvalue weighted by Gasteiger charge is 2.30. The number of esters is 1. The number of quaternary nitrogens is 1. The zero-order valence-corrected chi connectivity index (χ0v) is 51.7. The molecule has 0 fully saturated rings. The number of amides is 1. The van der Waals surface area contributed by atoms with Crippen molar-refractivity contribution < 1.29 is 37.3 Å². The van der Waals surface area contributed by atoms with Crippen molar-refractivity contribution in [3.63, 3.8) is 0 Å². The number of nitrogens with one attached hydrogen (secondary N) is 1. The van der Waals surface area contributed by atoms with Crippen molar-refractivity contribution in [2.24, 2.45) is 0 Å². The monoisotopic (exact) mass is 1080 g/mol. The molecule has 0 saturated heterocycles. The SMILES string of the molecule is CCCCCC/C=C\CCCCCCCCCC(=O)NC(COP(=O)(O)OCC[N+](C)(C)C)C(/C=C\CCCCCCCCCCCCC)OC(=O)CCCCCCCCCCCCCCCCCCCCCCC. The Hall–Kier alpha value is -1.51. The molecule has 444 valence electrons. The van der Waals surface area contributed by atoms with E-state index in [1.54, 1.807) is 0 Å². The van der Waals surface area contributed by atoms with Crippen LogP contribution in [0.5, 0.6) is 0 Å². The van der Waals surface area contributed by atoms with Gasteiger partial charge >= 0.3 is 13.8 Å². The van der Waals surface area contributed by atoms with Gasteiger partial charge in [-0.15, -0.1) is 0 Å². The molecule has 0 aromatic rings. The average molecular weight is 1080 g/mol. The molecule has 3 atom stereocenters. The van der Waals surface area contributed by atoms with Crippen molar-refractivity contribution in [2.45, 2.75) is 341 Å². The minimum Gasteiger partial charge on any atom is -0.456 e. The van der Waals surface area contributed by atoms with E-state index in [4.69, 9.17) is 13.8 Å². The third kappa shape index (κ3) is 57.0. The third-order valence-electron chi connectivity index (χ3n) is 14.9. The molecule has 0 aliphatic heterocycles. The number of nitrogens with zero attached hydrogens (tertiary/aromatic N) is 1. The fraction of sp³-hybridized carbons (Fsp3) is 0.908. The number of phosphoric acid groups is 1. The first-order valence-corrected chi connectivity index (χ1v) is 34.2. The number of phosphoric ester groups is 1. The van der Waals surface area contributed by atoms with Crippen LogP contribution in [0.4, 0.5) is 0 Å². The number of unbranched alkanes of at least 4 members (excludes halogenated alkanes) is 42. The molecule has 0 aliphatic carbocycles. The van der Waals surface area contributed by atoms with Gasteiger partial charge in [-0.2, -0.15) is 0 Å². The van der Waals surface area contributed by atoms with E-state index in [1.807, 2.05) is 33.3 Å². The second-order valence-corrected chi connectivity index (χ2v) is 25.1. The van der Waals surface area contributed by atoms with Gasteiger partial charge in [0, 0.05) is 12.8 Å². The van der Waals surface area contributed by atoms with Gasteiger partial charge in [-0.1, -0.05) is 283 Å². The number of rotatable bonds is 60. The van der Waals surface area contributed by atoms with Gasteiger partial charge in [0.1, 0.15) is 19.3 Å². The van der Waals surface area contributed by atoms with Crippen LogP contribution in [0.1, 0.15) is 329 Å².